The fourth-order valence-corrected chi connectivity index (χ4v) is 3.27. The van der Waals surface area contributed by atoms with Crippen molar-refractivity contribution in [3.63, 3.8) is 0 Å². The van der Waals surface area contributed by atoms with Crippen molar-refractivity contribution < 1.29 is 9.90 Å². The van der Waals surface area contributed by atoms with Crippen molar-refractivity contribution in [3.8, 4) is 0 Å². The minimum Gasteiger partial charge on any atom is -0.480 e. The van der Waals surface area contributed by atoms with E-state index in [1.807, 2.05) is 0 Å². The second-order valence-electron chi connectivity index (χ2n) is 6.88. The maximum absolute atomic E-state index is 11.0. The van der Waals surface area contributed by atoms with E-state index in [-0.39, 0.29) is 6.54 Å². The van der Waals surface area contributed by atoms with Crippen LogP contribution in [0.15, 0.2) is 0 Å². The molecule has 0 heterocycles. The van der Waals surface area contributed by atoms with Gasteiger partial charge in [-0.1, -0.05) is 0 Å². The Hall–Kier alpha value is -0.610. The molecule has 3 aliphatic carbocycles. The van der Waals surface area contributed by atoms with Crippen LogP contribution in [0.1, 0.15) is 45.4 Å². The lowest BCUT2D eigenvalue weighted by Gasteiger charge is -2.44. The molecule has 3 rings (SSSR count). The van der Waals surface area contributed by atoms with Crippen molar-refractivity contribution in [3.05, 3.63) is 0 Å². The van der Waals surface area contributed by atoms with Gasteiger partial charge in [0.05, 0.1) is 6.54 Å². The molecule has 0 aliphatic heterocycles. The van der Waals surface area contributed by atoms with E-state index in [0.29, 0.717) is 18.1 Å². The van der Waals surface area contributed by atoms with Crippen LogP contribution in [-0.4, -0.2) is 47.2 Å². The lowest BCUT2D eigenvalue weighted by molar-refractivity contribution is -0.139. The smallest absolute Gasteiger partial charge is 0.317 e. The fraction of sp³-hybridized carbons (Fsp3) is 0.933. The van der Waals surface area contributed by atoms with Gasteiger partial charge in [0.1, 0.15) is 0 Å². The highest BCUT2D eigenvalue weighted by atomic mass is 16.4. The van der Waals surface area contributed by atoms with Gasteiger partial charge >= 0.3 is 5.97 Å². The number of hydrogen-bond donors (Lipinski definition) is 2. The fourth-order valence-electron chi connectivity index (χ4n) is 3.27. The highest BCUT2D eigenvalue weighted by Gasteiger charge is 2.39. The molecular weight excluding hydrogens is 240 g/mol. The number of carboxylic acids is 1. The van der Waals surface area contributed by atoms with Crippen molar-refractivity contribution in [2.24, 2.45) is 11.8 Å². The van der Waals surface area contributed by atoms with E-state index in [9.17, 15) is 4.79 Å². The molecule has 0 saturated heterocycles. The SMILES string of the molecule is CC(NC1CC(N(CC(=O)O)CC2CC2)C1)C1CC1. The third-order valence-electron chi connectivity index (χ3n) is 4.99. The molecule has 2 N–H and O–H groups in total. The Morgan fingerprint density at radius 1 is 1.32 bits per heavy atom. The second kappa shape index (κ2) is 5.41. The van der Waals surface area contributed by atoms with E-state index in [1.54, 1.807) is 0 Å². The topological polar surface area (TPSA) is 52.6 Å². The van der Waals surface area contributed by atoms with Gasteiger partial charge in [0.2, 0.25) is 0 Å². The molecule has 1 atom stereocenters. The monoisotopic (exact) mass is 266 g/mol. The third kappa shape index (κ3) is 3.69. The number of rotatable bonds is 8. The number of aliphatic carboxylic acids is 1. The number of carboxylic acid groups (broad SMARTS) is 1. The summed E-state index contributed by atoms with van der Waals surface area (Å²) >= 11 is 0. The predicted octanol–water partition coefficient (Wildman–Crippen LogP) is 1.70. The zero-order valence-electron chi connectivity index (χ0n) is 11.8. The molecule has 19 heavy (non-hydrogen) atoms. The van der Waals surface area contributed by atoms with E-state index in [2.05, 4.69) is 17.1 Å². The van der Waals surface area contributed by atoms with Crippen LogP contribution in [0.25, 0.3) is 0 Å². The summed E-state index contributed by atoms with van der Waals surface area (Å²) in [6, 6.07) is 1.78. The highest BCUT2D eigenvalue weighted by molar-refractivity contribution is 5.69. The zero-order valence-corrected chi connectivity index (χ0v) is 11.8. The average molecular weight is 266 g/mol. The summed E-state index contributed by atoms with van der Waals surface area (Å²) in [5, 5.41) is 12.7. The van der Waals surface area contributed by atoms with Gasteiger partial charge in [0.15, 0.2) is 0 Å². The van der Waals surface area contributed by atoms with E-state index < -0.39 is 5.97 Å². The summed E-state index contributed by atoms with van der Waals surface area (Å²) in [5.41, 5.74) is 0. The van der Waals surface area contributed by atoms with Crippen LogP contribution in [0.4, 0.5) is 0 Å². The minimum absolute atomic E-state index is 0.228. The maximum Gasteiger partial charge on any atom is 0.317 e. The molecule has 3 saturated carbocycles. The molecule has 0 aromatic rings. The Morgan fingerprint density at radius 2 is 2.00 bits per heavy atom. The van der Waals surface area contributed by atoms with Crippen LogP contribution in [0.3, 0.4) is 0 Å². The van der Waals surface area contributed by atoms with Crippen LogP contribution in [0.2, 0.25) is 0 Å². The third-order valence-corrected chi connectivity index (χ3v) is 4.99. The Balaban J connectivity index is 1.41. The molecule has 3 fully saturated rings. The first-order valence-corrected chi connectivity index (χ1v) is 7.83. The molecule has 0 aromatic carbocycles. The highest BCUT2D eigenvalue weighted by Crippen LogP contribution is 2.36. The Bertz CT molecular complexity index is 333. The molecule has 4 nitrogen and oxygen atoms in total. The summed E-state index contributed by atoms with van der Waals surface area (Å²) < 4.78 is 0. The van der Waals surface area contributed by atoms with E-state index >= 15 is 0 Å². The van der Waals surface area contributed by atoms with Crippen LogP contribution < -0.4 is 5.32 Å². The van der Waals surface area contributed by atoms with E-state index in [1.165, 1.54) is 25.7 Å². The van der Waals surface area contributed by atoms with Crippen LogP contribution in [0.5, 0.6) is 0 Å². The largest absolute Gasteiger partial charge is 0.480 e. The quantitative estimate of drug-likeness (QED) is 0.702. The molecule has 1 unspecified atom stereocenters. The van der Waals surface area contributed by atoms with Gasteiger partial charge in [-0.25, -0.2) is 0 Å². The Labute approximate surface area is 115 Å². The molecule has 0 spiro atoms. The molecule has 3 aliphatic rings. The van der Waals surface area contributed by atoms with Gasteiger partial charge in [0.25, 0.3) is 0 Å². The molecule has 108 valence electrons. The van der Waals surface area contributed by atoms with Crippen molar-refractivity contribution in [1.82, 2.24) is 10.2 Å². The van der Waals surface area contributed by atoms with E-state index in [0.717, 1.165) is 31.2 Å². The van der Waals surface area contributed by atoms with Crippen LogP contribution in [-0.2, 0) is 4.79 Å². The second-order valence-corrected chi connectivity index (χ2v) is 6.88. The lowest BCUT2D eigenvalue weighted by Crippen LogP contribution is -2.56. The standard InChI is InChI=1S/C15H26N2O2/c1-10(12-4-5-12)16-13-6-14(7-13)17(9-15(18)19)8-11-2-3-11/h10-14,16H,2-9H2,1H3,(H,18,19). The van der Waals surface area contributed by atoms with Gasteiger partial charge in [0, 0.05) is 24.7 Å². The summed E-state index contributed by atoms with van der Waals surface area (Å²) in [6.45, 7) is 3.53. The first-order chi connectivity index (χ1) is 9.11. The number of nitrogens with zero attached hydrogens (tertiary/aromatic N) is 1. The zero-order chi connectivity index (χ0) is 13.4. The molecule has 0 amide bonds. The minimum atomic E-state index is -0.677. The molecule has 0 radical (unpaired) electrons. The van der Waals surface area contributed by atoms with E-state index in [4.69, 9.17) is 5.11 Å². The predicted molar refractivity (Wildman–Crippen MR) is 74.1 cm³/mol. The van der Waals surface area contributed by atoms with Crippen molar-refractivity contribution in [2.45, 2.75) is 63.6 Å². The first kappa shape index (κ1) is 13.4. The van der Waals surface area contributed by atoms with Crippen molar-refractivity contribution >= 4 is 5.97 Å². The van der Waals surface area contributed by atoms with Gasteiger partial charge in [-0.15, -0.1) is 0 Å². The summed E-state index contributed by atoms with van der Waals surface area (Å²) in [4.78, 5) is 13.2. The molecule has 4 heteroatoms. The van der Waals surface area contributed by atoms with Crippen molar-refractivity contribution in [2.75, 3.05) is 13.1 Å². The number of hydrogen-bond acceptors (Lipinski definition) is 3. The summed E-state index contributed by atoms with van der Waals surface area (Å²) in [6.07, 6.45) is 7.63. The summed E-state index contributed by atoms with van der Waals surface area (Å²) in [7, 11) is 0. The normalized spacial score (nSPS) is 32.1. The van der Waals surface area contributed by atoms with Gasteiger partial charge < -0.3 is 10.4 Å². The van der Waals surface area contributed by atoms with Crippen LogP contribution >= 0.6 is 0 Å². The molecular formula is C15H26N2O2. The number of nitrogens with one attached hydrogen (secondary N) is 1. The lowest BCUT2D eigenvalue weighted by atomic mass is 9.84. The maximum atomic E-state index is 11.0. The van der Waals surface area contributed by atoms with Crippen molar-refractivity contribution in [1.29, 1.82) is 0 Å². The average Bonchev–Trinajstić information content (AvgIpc) is 3.10. The van der Waals surface area contributed by atoms with Crippen LogP contribution in [0, 0.1) is 11.8 Å². The first-order valence-electron chi connectivity index (χ1n) is 7.83. The number of carbonyl (C=O) groups is 1. The Morgan fingerprint density at radius 3 is 2.53 bits per heavy atom. The Kier molecular flexibility index (Phi) is 3.81. The van der Waals surface area contributed by atoms with Gasteiger partial charge in [-0.2, -0.15) is 0 Å². The van der Waals surface area contributed by atoms with Gasteiger partial charge in [-0.05, 0) is 57.3 Å². The van der Waals surface area contributed by atoms with Gasteiger partial charge in [-0.3, -0.25) is 9.69 Å². The molecule has 0 bridgehead atoms. The molecule has 0 aromatic heterocycles. The summed E-state index contributed by atoms with van der Waals surface area (Å²) in [5.74, 6) is 1.00.